The molecule has 26 heavy (non-hydrogen) atoms. The first-order valence-electron chi connectivity index (χ1n) is 7.68. The summed E-state index contributed by atoms with van der Waals surface area (Å²) in [6, 6.07) is 12.4. The summed E-state index contributed by atoms with van der Waals surface area (Å²) < 4.78 is 32.0. The normalized spacial score (nSPS) is 11.3. The fraction of sp³-hybridized carbons (Fsp3) is 0.118. The maximum Gasteiger partial charge on any atom is 0.256 e. The van der Waals surface area contributed by atoms with Gasteiger partial charge < -0.3 is 9.84 Å². The topological polar surface area (TPSA) is 114 Å². The van der Waals surface area contributed by atoms with Gasteiger partial charge in [0, 0.05) is 17.8 Å². The molecule has 0 fully saturated rings. The van der Waals surface area contributed by atoms with E-state index in [0.717, 1.165) is 0 Å². The van der Waals surface area contributed by atoms with Gasteiger partial charge in [-0.05, 0) is 43.3 Å². The first-order valence-corrected chi connectivity index (χ1v) is 9.17. The van der Waals surface area contributed by atoms with E-state index in [1.54, 1.807) is 37.4 Å². The molecular formula is C17H16N4O4S. The number of amides is 1. The van der Waals surface area contributed by atoms with Crippen LogP contribution in [0.25, 0.3) is 0 Å². The van der Waals surface area contributed by atoms with Crippen molar-refractivity contribution in [2.24, 2.45) is 0 Å². The minimum absolute atomic E-state index is 0.0576. The summed E-state index contributed by atoms with van der Waals surface area (Å²) in [6.07, 6.45) is 1.59. The molecule has 0 aliphatic rings. The van der Waals surface area contributed by atoms with Gasteiger partial charge in [0.05, 0.1) is 17.1 Å². The molecule has 0 aliphatic carbocycles. The van der Waals surface area contributed by atoms with E-state index in [4.69, 9.17) is 4.52 Å². The average molecular weight is 372 g/mol. The molecule has 0 saturated heterocycles. The van der Waals surface area contributed by atoms with E-state index in [2.05, 4.69) is 20.2 Å². The SMILES string of the molecule is Cc1cc(NC(=O)c2ccc(S(=O)(=O)NCc3ccccn3)cc2)no1. The Labute approximate surface area is 150 Å². The van der Waals surface area contributed by atoms with Gasteiger partial charge >= 0.3 is 0 Å². The fourth-order valence-electron chi connectivity index (χ4n) is 2.15. The van der Waals surface area contributed by atoms with Crippen molar-refractivity contribution in [1.82, 2.24) is 14.9 Å². The molecule has 3 aromatic rings. The van der Waals surface area contributed by atoms with Crippen LogP contribution in [0, 0.1) is 6.92 Å². The van der Waals surface area contributed by atoms with Crippen molar-refractivity contribution in [2.75, 3.05) is 5.32 Å². The summed E-state index contributed by atoms with van der Waals surface area (Å²) in [6.45, 7) is 1.79. The Hall–Kier alpha value is -3.04. The van der Waals surface area contributed by atoms with Gasteiger partial charge in [-0.1, -0.05) is 11.2 Å². The van der Waals surface area contributed by atoms with Crippen LogP contribution in [-0.2, 0) is 16.6 Å². The van der Waals surface area contributed by atoms with E-state index in [1.165, 1.54) is 24.3 Å². The first-order chi connectivity index (χ1) is 12.4. The van der Waals surface area contributed by atoms with Crippen molar-refractivity contribution < 1.29 is 17.7 Å². The molecule has 0 atom stereocenters. The Kier molecular flexibility index (Phi) is 5.10. The number of pyridine rings is 1. The molecule has 134 valence electrons. The lowest BCUT2D eigenvalue weighted by molar-refractivity contribution is 0.102. The van der Waals surface area contributed by atoms with Gasteiger partial charge in [0.15, 0.2) is 5.82 Å². The van der Waals surface area contributed by atoms with E-state index < -0.39 is 15.9 Å². The summed E-state index contributed by atoms with van der Waals surface area (Å²) in [5, 5.41) is 6.24. The van der Waals surface area contributed by atoms with Gasteiger partial charge in [0.2, 0.25) is 10.0 Å². The molecule has 0 radical (unpaired) electrons. The van der Waals surface area contributed by atoms with Crippen LogP contribution in [0.3, 0.4) is 0 Å². The predicted molar refractivity (Wildman–Crippen MR) is 93.9 cm³/mol. The average Bonchev–Trinajstić information content (AvgIpc) is 3.06. The van der Waals surface area contributed by atoms with Gasteiger partial charge in [-0.25, -0.2) is 13.1 Å². The number of hydrogen-bond donors (Lipinski definition) is 2. The minimum Gasteiger partial charge on any atom is -0.360 e. The second-order valence-corrected chi connectivity index (χ2v) is 7.21. The number of benzene rings is 1. The molecular weight excluding hydrogens is 356 g/mol. The van der Waals surface area contributed by atoms with Crippen LogP contribution in [0.2, 0.25) is 0 Å². The molecule has 0 spiro atoms. The number of hydrogen-bond acceptors (Lipinski definition) is 6. The van der Waals surface area contributed by atoms with E-state index in [0.29, 0.717) is 22.8 Å². The van der Waals surface area contributed by atoms with Gasteiger partial charge in [-0.3, -0.25) is 9.78 Å². The van der Waals surface area contributed by atoms with Crippen molar-refractivity contribution in [3.63, 3.8) is 0 Å². The Morgan fingerprint density at radius 1 is 1.15 bits per heavy atom. The van der Waals surface area contributed by atoms with Gasteiger partial charge in [-0.15, -0.1) is 0 Å². The first kappa shape index (κ1) is 17.8. The third kappa shape index (κ3) is 4.32. The van der Waals surface area contributed by atoms with Gasteiger partial charge in [-0.2, -0.15) is 0 Å². The van der Waals surface area contributed by atoms with E-state index in [9.17, 15) is 13.2 Å². The summed E-state index contributed by atoms with van der Waals surface area (Å²) in [5.74, 6) is 0.450. The van der Waals surface area contributed by atoms with Crippen LogP contribution < -0.4 is 10.0 Å². The second-order valence-electron chi connectivity index (χ2n) is 5.45. The highest BCUT2D eigenvalue weighted by molar-refractivity contribution is 7.89. The molecule has 0 saturated carbocycles. The van der Waals surface area contributed by atoms with Crippen LogP contribution in [0.4, 0.5) is 5.82 Å². The number of anilines is 1. The van der Waals surface area contributed by atoms with Crippen molar-refractivity contribution in [3.8, 4) is 0 Å². The molecule has 3 rings (SSSR count). The zero-order valence-electron chi connectivity index (χ0n) is 13.8. The van der Waals surface area contributed by atoms with E-state index in [-0.39, 0.29) is 11.4 Å². The molecule has 2 N–H and O–H groups in total. The summed E-state index contributed by atoms with van der Waals surface area (Å²) in [7, 11) is -3.71. The van der Waals surface area contributed by atoms with E-state index >= 15 is 0 Å². The standard InChI is InChI=1S/C17H16N4O4S/c1-12-10-16(21-25-12)20-17(22)13-5-7-15(8-6-13)26(23,24)19-11-14-4-2-3-9-18-14/h2-10,19H,11H2,1H3,(H,20,21,22). The summed E-state index contributed by atoms with van der Waals surface area (Å²) >= 11 is 0. The van der Waals surface area contributed by atoms with Gasteiger partial charge in [0.25, 0.3) is 5.91 Å². The Bertz CT molecular complexity index is 999. The molecule has 1 amide bonds. The minimum atomic E-state index is -3.71. The van der Waals surface area contributed by atoms with Crippen LogP contribution in [0.5, 0.6) is 0 Å². The monoisotopic (exact) mass is 372 g/mol. The lowest BCUT2D eigenvalue weighted by atomic mass is 10.2. The molecule has 2 aromatic heterocycles. The highest BCUT2D eigenvalue weighted by Gasteiger charge is 2.15. The summed E-state index contributed by atoms with van der Waals surface area (Å²) in [4.78, 5) is 16.2. The Morgan fingerprint density at radius 3 is 2.54 bits per heavy atom. The Balaban J connectivity index is 1.67. The van der Waals surface area contributed by atoms with Gasteiger partial charge in [0.1, 0.15) is 5.76 Å². The fourth-order valence-corrected chi connectivity index (χ4v) is 3.15. The molecule has 2 heterocycles. The smallest absolute Gasteiger partial charge is 0.256 e. The number of aryl methyl sites for hydroxylation is 1. The number of carbonyl (C=O) groups is 1. The highest BCUT2D eigenvalue weighted by atomic mass is 32.2. The number of sulfonamides is 1. The second kappa shape index (κ2) is 7.46. The molecule has 8 nitrogen and oxygen atoms in total. The molecule has 9 heteroatoms. The number of aromatic nitrogens is 2. The van der Waals surface area contributed by atoms with Crippen LogP contribution in [0.1, 0.15) is 21.8 Å². The summed E-state index contributed by atoms with van der Waals surface area (Å²) in [5.41, 5.74) is 0.907. The predicted octanol–water partition coefficient (Wildman–Crippen LogP) is 2.11. The third-order valence-corrected chi connectivity index (χ3v) is 4.88. The molecule has 0 unspecified atom stereocenters. The van der Waals surface area contributed by atoms with Crippen LogP contribution in [-0.4, -0.2) is 24.5 Å². The number of rotatable bonds is 6. The zero-order chi connectivity index (χ0) is 18.6. The van der Waals surface area contributed by atoms with Crippen molar-refractivity contribution >= 4 is 21.7 Å². The number of nitrogens with one attached hydrogen (secondary N) is 2. The van der Waals surface area contributed by atoms with Crippen molar-refractivity contribution in [1.29, 1.82) is 0 Å². The molecule has 0 aliphatic heterocycles. The van der Waals surface area contributed by atoms with Crippen LogP contribution in [0.15, 0.2) is 64.1 Å². The maximum absolute atomic E-state index is 12.3. The zero-order valence-corrected chi connectivity index (χ0v) is 14.7. The van der Waals surface area contributed by atoms with Crippen LogP contribution >= 0.6 is 0 Å². The Morgan fingerprint density at radius 2 is 1.92 bits per heavy atom. The number of nitrogens with zero attached hydrogens (tertiary/aromatic N) is 2. The van der Waals surface area contributed by atoms with Crippen molar-refractivity contribution in [3.05, 3.63) is 71.7 Å². The van der Waals surface area contributed by atoms with Crippen molar-refractivity contribution in [2.45, 2.75) is 18.4 Å². The lowest BCUT2D eigenvalue weighted by Gasteiger charge is -2.07. The maximum atomic E-state index is 12.3. The third-order valence-electron chi connectivity index (χ3n) is 3.47. The molecule has 0 bridgehead atoms. The highest BCUT2D eigenvalue weighted by Crippen LogP contribution is 2.13. The number of carbonyl (C=O) groups excluding carboxylic acids is 1. The molecule has 1 aromatic carbocycles. The largest absolute Gasteiger partial charge is 0.360 e. The quantitative estimate of drug-likeness (QED) is 0.685. The lowest BCUT2D eigenvalue weighted by Crippen LogP contribution is -2.23. The van der Waals surface area contributed by atoms with E-state index in [1.807, 2.05) is 0 Å².